The predicted molar refractivity (Wildman–Crippen MR) is 72.3 cm³/mol. The summed E-state index contributed by atoms with van der Waals surface area (Å²) in [6, 6.07) is 1.70. The number of nitro groups is 1. The van der Waals surface area contributed by atoms with Gasteiger partial charge >= 0.3 is 0 Å². The zero-order chi connectivity index (χ0) is 13.7. The molecule has 6 nitrogen and oxygen atoms in total. The number of nitrogens with zero attached hydrogens (tertiary/aromatic N) is 2. The first-order valence-electron chi connectivity index (χ1n) is 6.27. The van der Waals surface area contributed by atoms with Gasteiger partial charge in [0, 0.05) is 12.1 Å². The summed E-state index contributed by atoms with van der Waals surface area (Å²) in [6.45, 7) is 3.98. The van der Waals surface area contributed by atoms with Crippen LogP contribution in [0.2, 0.25) is 0 Å². The number of ether oxygens (including phenoxy) is 1. The molecule has 19 heavy (non-hydrogen) atoms. The molecule has 1 aliphatic rings. The molecule has 0 spiro atoms. The first-order valence-corrected chi connectivity index (χ1v) is 6.27. The molecule has 0 bridgehead atoms. The molecular weight excluding hydrogens is 246 g/mol. The van der Waals surface area contributed by atoms with E-state index in [-0.39, 0.29) is 5.69 Å². The molecule has 2 heterocycles. The Morgan fingerprint density at radius 1 is 1.58 bits per heavy atom. The summed E-state index contributed by atoms with van der Waals surface area (Å²) >= 11 is 0. The van der Waals surface area contributed by atoms with E-state index in [1.54, 1.807) is 13.0 Å². The average Bonchev–Trinajstić information content (AvgIpc) is 2.39. The maximum Gasteiger partial charge on any atom is 0.290 e. The number of aromatic nitrogens is 1. The van der Waals surface area contributed by atoms with Crippen molar-refractivity contribution >= 4 is 11.5 Å². The van der Waals surface area contributed by atoms with E-state index in [4.69, 9.17) is 4.74 Å². The van der Waals surface area contributed by atoms with Crippen molar-refractivity contribution in [2.24, 2.45) is 0 Å². The fraction of sp³-hybridized carbons (Fsp3) is 0.462. The Kier molecular flexibility index (Phi) is 4.46. The zero-order valence-electron chi connectivity index (χ0n) is 10.9. The van der Waals surface area contributed by atoms with Gasteiger partial charge in [-0.3, -0.25) is 10.1 Å². The number of anilines is 1. The molecule has 0 atom stereocenters. The van der Waals surface area contributed by atoms with Crippen LogP contribution in [0.4, 0.5) is 11.5 Å². The smallest absolute Gasteiger partial charge is 0.290 e. The van der Waals surface area contributed by atoms with Crippen LogP contribution < -0.4 is 5.32 Å². The van der Waals surface area contributed by atoms with Crippen LogP contribution in [0.5, 0.6) is 0 Å². The van der Waals surface area contributed by atoms with Crippen LogP contribution in [0.15, 0.2) is 23.9 Å². The van der Waals surface area contributed by atoms with Gasteiger partial charge in [0.15, 0.2) is 0 Å². The third-order valence-corrected chi connectivity index (χ3v) is 3.09. The van der Waals surface area contributed by atoms with Gasteiger partial charge < -0.3 is 10.1 Å². The molecule has 6 heteroatoms. The van der Waals surface area contributed by atoms with Crippen molar-refractivity contribution in [1.82, 2.24) is 4.98 Å². The van der Waals surface area contributed by atoms with E-state index < -0.39 is 4.92 Å². The Labute approximate surface area is 111 Å². The molecule has 2 rings (SSSR count). The first-order chi connectivity index (χ1) is 9.16. The molecule has 0 aliphatic carbocycles. The minimum absolute atomic E-state index is 0.0534. The van der Waals surface area contributed by atoms with Crippen LogP contribution in [-0.2, 0) is 4.74 Å². The van der Waals surface area contributed by atoms with E-state index in [1.807, 2.05) is 0 Å². The number of hydrogen-bond acceptors (Lipinski definition) is 5. The standard InChI is InChI=1S/C13H17N3O3/c1-10-8-13(15-9-12(10)16(17)18)14-5-2-11-3-6-19-7-4-11/h3,8-9H,2,4-7H2,1H3,(H,14,15). The van der Waals surface area contributed by atoms with Crippen LogP contribution in [0.3, 0.4) is 0 Å². The van der Waals surface area contributed by atoms with Gasteiger partial charge in [0.2, 0.25) is 0 Å². The highest BCUT2D eigenvalue weighted by Gasteiger charge is 2.11. The van der Waals surface area contributed by atoms with Gasteiger partial charge in [-0.15, -0.1) is 0 Å². The molecule has 1 aromatic rings. The van der Waals surface area contributed by atoms with E-state index in [0.717, 1.165) is 26.0 Å². The number of aryl methyl sites for hydroxylation is 1. The number of hydrogen-bond donors (Lipinski definition) is 1. The lowest BCUT2D eigenvalue weighted by atomic mass is 10.1. The van der Waals surface area contributed by atoms with Gasteiger partial charge in [-0.05, 0) is 25.8 Å². The molecule has 1 aliphatic heterocycles. The summed E-state index contributed by atoms with van der Waals surface area (Å²) in [5, 5.41) is 13.9. The zero-order valence-corrected chi connectivity index (χ0v) is 10.9. The predicted octanol–water partition coefficient (Wildman–Crippen LogP) is 2.45. The van der Waals surface area contributed by atoms with Crippen molar-refractivity contribution in [3.8, 4) is 0 Å². The number of pyridine rings is 1. The van der Waals surface area contributed by atoms with Gasteiger partial charge in [0.1, 0.15) is 12.0 Å². The van der Waals surface area contributed by atoms with Gasteiger partial charge in [-0.1, -0.05) is 11.6 Å². The van der Waals surface area contributed by atoms with Crippen molar-refractivity contribution < 1.29 is 9.66 Å². The fourth-order valence-electron chi connectivity index (χ4n) is 1.98. The van der Waals surface area contributed by atoms with E-state index in [0.29, 0.717) is 18.0 Å². The van der Waals surface area contributed by atoms with E-state index >= 15 is 0 Å². The lowest BCUT2D eigenvalue weighted by Crippen LogP contribution is -2.09. The van der Waals surface area contributed by atoms with E-state index in [2.05, 4.69) is 16.4 Å². The van der Waals surface area contributed by atoms with Crippen molar-refractivity contribution in [1.29, 1.82) is 0 Å². The monoisotopic (exact) mass is 263 g/mol. The highest BCUT2D eigenvalue weighted by atomic mass is 16.6. The summed E-state index contributed by atoms with van der Waals surface area (Å²) in [7, 11) is 0. The summed E-state index contributed by atoms with van der Waals surface area (Å²) in [5.74, 6) is 0.677. The van der Waals surface area contributed by atoms with Gasteiger partial charge in [0.25, 0.3) is 5.69 Å². The summed E-state index contributed by atoms with van der Waals surface area (Å²) in [5.41, 5.74) is 2.06. The van der Waals surface area contributed by atoms with Gasteiger partial charge in [-0.25, -0.2) is 4.98 Å². The fourth-order valence-corrected chi connectivity index (χ4v) is 1.98. The summed E-state index contributed by atoms with van der Waals surface area (Å²) in [6.07, 6.45) is 5.33. The van der Waals surface area contributed by atoms with Crippen LogP contribution >= 0.6 is 0 Å². The Morgan fingerprint density at radius 3 is 3.05 bits per heavy atom. The van der Waals surface area contributed by atoms with Crippen molar-refractivity contribution in [3.05, 3.63) is 39.6 Å². The minimum Gasteiger partial charge on any atom is -0.377 e. The largest absolute Gasteiger partial charge is 0.377 e. The highest BCUT2D eigenvalue weighted by molar-refractivity contribution is 5.46. The second-order valence-corrected chi connectivity index (χ2v) is 4.48. The molecule has 1 aromatic heterocycles. The molecule has 0 radical (unpaired) electrons. The topological polar surface area (TPSA) is 77.3 Å². The second-order valence-electron chi connectivity index (χ2n) is 4.48. The molecule has 1 N–H and O–H groups in total. The number of rotatable bonds is 5. The summed E-state index contributed by atoms with van der Waals surface area (Å²) < 4.78 is 5.24. The van der Waals surface area contributed by atoms with Gasteiger partial charge in [0.05, 0.1) is 18.1 Å². The van der Waals surface area contributed by atoms with Gasteiger partial charge in [-0.2, -0.15) is 0 Å². The van der Waals surface area contributed by atoms with Crippen LogP contribution in [-0.4, -0.2) is 29.7 Å². The first kappa shape index (κ1) is 13.5. The van der Waals surface area contributed by atoms with E-state index in [1.165, 1.54) is 11.8 Å². The van der Waals surface area contributed by atoms with Crippen molar-refractivity contribution in [2.75, 3.05) is 25.1 Å². The molecular formula is C13H17N3O3. The molecule has 0 saturated carbocycles. The third kappa shape index (κ3) is 3.75. The molecule has 0 unspecified atom stereocenters. The minimum atomic E-state index is -0.418. The summed E-state index contributed by atoms with van der Waals surface area (Å²) in [4.78, 5) is 14.3. The molecule has 0 saturated heterocycles. The SMILES string of the molecule is Cc1cc(NCCC2=CCOCC2)ncc1[N+](=O)[O-]. The molecule has 102 valence electrons. The molecule has 0 amide bonds. The van der Waals surface area contributed by atoms with Crippen molar-refractivity contribution in [2.45, 2.75) is 19.8 Å². The quantitative estimate of drug-likeness (QED) is 0.501. The maximum atomic E-state index is 10.7. The number of nitrogens with one attached hydrogen (secondary N) is 1. The normalized spacial score (nSPS) is 14.9. The third-order valence-electron chi connectivity index (χ3n) is 3.09. The van der Waals surface area contributed by atoms with Crippen LogP contribution in [0, 0.1) is 17.0 Å². The molecule has 0 aromatic carbocycles. The Hall–Kier alpha value is -1.95. The highest BCUT2D eigenvalue weighted by Crippen LogP contribution is 2.19. The Bertz CT molecular complexity index is 500. The molecule has 0 fully saturated rings. The van der Waals surface area contributed by atoms with Crippen molar-refractivity contribution in [3.63, 3.8) is 0 Å². The van der Waals surface area contributed by atoms with Crippen LogP contribution in [0.1, 0.15) is 18.4 Å². The Morgan fingerprint density at radius 2 is 2.42 bits per heavy atom. The maximum absolute atomic E-state index is 10.7. The average molecular weight is 263 g/mol. The Balaban J connectivity index is 1.87. The lowest BCUT2D eigenvalue weighted by Gasteiger charge is -2.14. The van der Waals surface area contributed by atoms with E-state index in [9.17, 15) is 10.1 Å². The van der Waals surface area contributed by atoms with Crippen LogP contribution in [0.25, 0.3) is 0 Å². The second kappa shape index (κ2) is 6.29. The lowest BCUT2D eigenvalue weighted by molar-refractivity contribution is -0.385.